The van der Waals surface area contributed by atoms with E-state index in [-0.39, 0.29) is 41.9 Å². The number of sulfonamides is 1. The third-order valence-electron chi connectivity index (χ3n) is 3.10. The molecule has 0 fully saturated rings. The van der Waals surface area contributed by atoms with Crippen molar-refractivity contribution in [3.63, 3.8) is 0 Å². The lowest BCUT2D eigenvalue weighted by Gasteiger charge is -2.20. The van der Waals surface area contributed by atoms with E-state index in [1.54, 1.807) is 6.92 Å². The number of halogens is 1. The standard InChI is InChI=1S/C12H15ClN2O4S/c1-2-15(3-4-16)20(18,19)11-5-8-6-12(17)14-10(8)7-9(11)13/h5,7,16H,2-4,6H2,1H3,(H,14,17). The van der Waals surface area contributed by atoms with Crippen molar-refractivity contribution < 1.29 is 18.3 Å². The Morgan fingerprint density at radius 1 is 1.45 bits per heavy atom. The minimum atomic E-state index is -3.78. The molecule has 0 saturated heterocycles. The Bertz CT molecular complexity index is 645. The van der Waals surface area contributed by atoms with E-state index in [1.165, 1.54) is 12.1 Å². The molecular weight excluding hydrogens is 304 g/mol. The van der Waals surface area contributed by atoms with Crippen molar-refractivity contribution in [1.82, 2.24) is 4.31 Å². The van der Waals surface area contributed by atoms with E-state index >= 15 is 0 Å². The predicted octanol–water partition coefficient (Wildman–Crippen LogP) is 0.838. The maximum absolute atomic E-state index is 12.5. The van der Waals surface area contributed by atoms with Crippen LogP contribution in [0.2, 0.25) is 5.02 Å². The second kappa shape index (κ2) is 5.69. The molecule has 1 aliphatic rings. The zero-order chi connectivity index (χ0) is 14.9. The number of benzene rings is 1. The lowest BCUT2D eigenvalue weighted by molar-refractivity contribution is -0.115. The minimum absolute atomic E-state index is 0.00340. The number of anilines is 1. The first-order chi connectivity index (χ1) is 9.40. The first kappa shape index (κ1) is 15.2. The van der Waals surface area contributed by atoms with Crippen LogP contribution in [0.5, 0.6) is 0 Å². The van der Waals surface area contributed by atoms with Crippen molar-refractivity contribution >= 4 is 33.2 Å². The van der Waals surface area contributed by atoms with Crippen molar-refractivity contribution in [2.45, 2.75) is 18.2 Å². The number of aliphatic hydroxyl groups is 1. The van der Waals surface area contributed by atoms with E-state index in [0.29, 0.717) is 11.3 Å². The first-order valence-electron chi connectivity index (χ1n) is 6.13. The smallest absolute Gasteiger partial charge is 0.244 e. The summed E-state index contributed by atoms with van der Waals surface area (Å²) < 4.78 is 26.1. The van der Waals surface area contributed by atoms with Crippen LogP contribution in [0.25, 0.3) is 0 Å². The van der Waals surface area contributed by atoms with Crippen molar-refractivity contribution in [2.75, 3.05) is 25.0 Å². The zero-order valence-electron chi connectivity index (χ0n) is 10.9. The summed E-state index contributed by atoms with van der Waals surface area (Å²) in [5.74, 6) is -0.187. The topological polar surface area (TPSA) is 86.7 Å². The molecule has 0 bridgehead atoms. The number of rotatable bonds is 5. The molecule has 0 atom stereocenters. The molecule has 8 heteroatoms. The van der Waals surface area contributed by atoms with Crippen LogP contribution in [0.1, 0.15) is 12.5 Å². The van der Waals surface area contributed by atoms with Crippen LogP contribution in [-0.2, 0) is 21.2 Å². The van der Waals surface area contributed by atoms with Gasteiger partial charge in [-0.25, -0.2) is 8.42 Å². The van der Waals surface area contributed by atoms with Gasteiger partial charge < -0.3 is 10.4 Å². The SMILES string of the molecule is CCN(CCO)S(=O)(=O)c1cc2c(cc1Cl)NC(=O)C2. The Kier molecular flexibility index (Phi) is 4.33. The number of nitrogens with zero attached hydrogens (tertiary/aromatic N) is 1. The molecule has 1 aliphatic heterocycles. The summed E-state index contributed by atoms with van der Waals surface area (Å²) in [7, 11) is -3.78. The van der Waals surface area contributed by atoms with Gasteiger partial charge in [0.15, 0.2) is 0 Å². The summed E-state index contributed by atoms with van der Waals surface area (Å²) in [5, 5.41) is 11.6. The number of carbonyl (C=O) groups is 1. The number of hydrogen-bond donors (Lipinski definition) is 2. The maximum Gasteiger partial charge on any atom is 0.244 e. The van der Waals surface area contributed by atoms with Gasteiger partial charge in [-0.15, -0.1) is 0 Å². The zero-order valence-corrected chi connectivity index (χ0v) is 12.5. The molecule has 1 aromatic carbocycles. The Balaban J connectivity index is 2.48. The Morgan fingerprint density at radius 3 is 2.75 bits per heavy atom. The average Bonchev–Trinajstić information content (AvgIpc) is 2.73. The molecule has 1 aromatic rings. The molecule has 2 N–H and O–H groups in total. The van der Waals surface area contributed by atoms with Gasteiger partial charge in [0.05, 0.1) is 18.1 Å². The fraction of sp³-hybridized carbons (Fsp3) is 0.417. The lowest BCUT2D eigenvalue weighted by Crippen LogP contribution is -2.33. The van der Waals surface area contributed by atoms with Gasteiger partial charge in [-0.2, -0.15) is 4.31 Å². The molecule has 2 rings (SSSR count). The highest BCUT2D eigenvalue weighted by Gasteiger charge is 2.28. The molecule has 1 amide bonds. The largest absolute Gasteiger partial charge is 0.395 e. The molecule has 110 valence electrons. The van der Waals surface area contributed by atoms with Gasteiger partial charge in [-0.1, -0.05) is 18.5 Å². The van der Waals surface area contributed by atoms with Crippen LogP contribution in [0.4, 0.5) is 5.69 Å². The number of aliphatic hydroxyl groups excluding tert-OH is 1. The van der Waals surface area contributed by atoms with Gasteiger partial charge in [0.1, 0.15) is 4.90 Å². The number of fused-ring (bicyclic) bond motifs is 1. The second-order valence-corrected chi connectivity index (χ2v) is 6.70. The molecule has 0 saturated carbocycles. The lowest BCUT2D eigenvalue weighted by atomic mass is 10.2. The van der Waals surface area contributed by atoms with E-state index in [9.17, 15) is 13.2 Å². The van der Waals surface area contributed by atoms with Crippen LogP contribution in [0.15, 0.2) is 17.0 Å². The first-order valence-corrected chi connectivity index (χ1v) is 7.95. The fourth-order valence-corrected chi connectivity index (χ4v) is 4.11. The molecule has 0 aromatic heterocycles. The van der Waals surface area contributed by atoms with E-state index in [1.807, 2.05) is 0 Å². The number of carbonyl (C=O) groups excluding carboxylic acids is 1. The van der Waals surface area contributed by atoms with Gasteiger partial charge in [0.2, 0.25) is 15.9 Å². The van der Waals surface area contributed by atoms with Crippen LogP contribution >= 0.6 is 11.6 Å². The van der Waals surface area contributed by atoms with Gasteiger partial charge in [-0.3, -0.25) is 4.79 Å². The van der Waals surface area contributed by atoms with Crippen molar-refractivity contribution in [3.05, 3.63) is 22.7 Å². The average molecular weight is 319 g/mol. The highest BCUT2D eigenvalue weighted by Crippen LogP contribution is 2.33. The number of likely N-dealkylation sites (N-methyl/N-ethyl adjacent to an activating group) is 1. The molecule has 0 radical (unpaired) electrons. The van der Waals surface area contributed by atoms with Gasteiger partial charge in [0.25, 0.3) is 0 Å². The van der Waals surface area contributed by atoms with Gasteiger partial charge in [-0.05, 0) is 17.7 Å². The summed E-state index contributed by atoms with van der Waals surface area (Å²) in [4.78, 5) is 11.3. The monoisotopic (exact) mass is 318 g/mol. The summed E-state index contributed by atoms with van der Waals surface area (Å²) in [6.07, 6.45) is 0.140. The highest BCUT2D eigenvalue weighted by atomic mass is 35.5. The Morgan fingerprint density at radius 2 is 2.15 bits per heavy atom. The molecule has 0 spiro atoms. The third-order valence-corrected chi connectivity index (χ3v) is 5.54. The van der Waals surface area contributed by atoms with Crippen LogP contribution in [0.3, 0.4) is 0 Å². The van der Waals surface area contributed by atoms with Crippen molar-refractivity contribution in [2.24, 2.45) is 0 Å². The van der Waals surface area contributed by atoms with Crippen LogP contribution in [0, 0.1) is 0 Å². The normalized spacial score (nSPS) is 14.5. The summed E-state index contributed by atoms with van der Waals surface area (Å²) >= 11 is 6.02. The molecule has 20 heavy (non-hydrogen) atoms. The number of amides is 1. The van der Waals surface area contributed by atoms with Gasteiger partial charge >= 0.3 is 0 Å². The van der Waals surface area contributed by atoms with Gasteiger partial charge in [0, 0.05) is 18.8 Å². The summed E-state index contributed by atoms with van der Waals surface area (Å²) in [6.45, 7) is 1.64. The van der Waals surface area contributed by atoms with Crippen LogP contribution < -0.4 is 5.32 Å². The van der Waals surface area contributed by atoms with E-state index in [0.717, 1.165) is 4.31 Å². The van der Waals surface area contributed by atoms with Crippen molar-refractivity contribution in [3.8, 4) is 0 Å². The minimum Gasteiger partial charge on any atom is -0.395 e. The summed E-state index contributed by atoms with van der Waals surface area (Å²) in [6, 6.07) is 2.87. The highest BCUT2D eigenvalue weighted by molar-refractivity contribution is 7.89. The van der Waals surface area contributed by atoms with Crippen molar-refractivity contribution in [1.29, 1.82) is 0 Å². The maximum atomic E-state index is 12.5. The second-order valence-electron chi connectivity index (χ2n) is 4.39. The molecular formula is C12H15ClN2O4S. The van der Waals surface area contributed by atoms with Crippen LogP contribution in [-0.4, -0.2) is 43.4 Å². The third kappa shape index (κ3) is 2.67. The quantitative estimate of drug-likeness (QED) is 0.842. The number of hydrogen-bond acceptors (Lipinski definition) is 4. The Labute approximate surface area is 122 Å². The summed E-state index contributed by atoms with van der Waals surface area (Å²) in [5.41, 5.74) is 1.15. The Hall–Kier alpha value is -1.15. The van der Waals surface area contributed by atoms with E-state index < -0.39 is 10.0 Å². The predicted molar refractivity (Wildman–Crippen MR) is 75.3 cm³/mol. The number of nitrogens with one attached hydrogen (secondary N) is 1. The van der Waals surface area contributed by atoms with E-state index in [4.69, 9.17) is 16.7 Å². The molecule has 0 aliphatic carbocycles. The fourth-order valence-electron chi connectivity index (χ4n) is 2.12. The molecule has 6 nitrogen and oxygen atoms in total. The molecule has 1 heterocycles. The van der Waals surface area contributed by atoms with E-state index in [2.05, 4.69) is 5.32 Å². The molecule has 0 unspecified atom stereocenters.